The highest BCUT2D eigenvalue weighted by Crippen LogP contribution is 2.32. The highest BCUT2D eigenvalue weighted by molar-refractivity contribution is 9.10. The van der Waals surface area contributed by atoms with E-state index in [0.29, 0.717) is 21.4 Å². The molecule has 9 heteroatoms. The smallest absolute Gasteiger partial charge is 0.305 e. The Bertz CT molecular complexity index is 1050. The average molecular weight is 471 g/mol. The second-order valence-electron chi connectivity index (χ2n) is 6.41. The molecule has 3 rings (SSSR count). The van der Waals surface area contributed by atoms with Crippen LogP contribution in [0.1, 0.15) is 25.3 Å². The number of hydrogen-bond donors (Lipinski definition) is 2. The molecule has 1 amide bonds. The minimum atomic E-state index is -0.774. The van der Waals surface area contributed by atoms with E-state index in [4.69, 9.17) is 10.00 Å². The fraction of sp³-hybridized carbons (Fsp3) is 0.238. The SMILES string of the molecule is CCOC(=O)CC[C@@H]1N=C(Nc2ccc(C#N)cc2O)N(c2ccccc2Br)C1=O. The highest BCUT2D eigenvalue weighted by Gasteiger charge is 2.37. The van der Waals surface area contributed by atoms with Crippen molar-refractivity contribution in [3.63, 3.8) is 0 Å². The van der Waals surface area contributed by atoms with Gasteiger partial charge in [-0.25, -0.2) is 9.89 Å². The Morgan fingerprint density at radius 1 is 1.37 bits per heavy atom. The molecule has 0 bridgehead atoms. The van der Waals surface area contributed by atoms with Crippen molar-refractivity contribution in [3.8, 4) is 11.8 Å². The van der Waals surface area contributed by atoms with Gasteiger partial charge in [0.05, 0.1) is 29.6 Å². The third-order valence-electron chi connectivity index (χ3n) is 4.39. The molecule has 1 heterocycles. The molecule has 2 aromatic rings. The largest absolute Gasteiger partial charge is 0.506 e. The van der Waals surface area contributed by atoms with E-state index in [0.717, 1.165) is 0 Å². The molecule has 2 aromatic carbocycles. The number of nitrogens with one attached hydrogen (secondary N) is 1. The van der Waals surface area contributed by atoms with Gasteiger partial charge in [-0.1, -0.05) is 12.1 Å². The number of ether oxygens (including phenoxy) is 1. The maximum Gasteiger partial charge on any atom is 0.305 e. The Kier molecular flexibility index (Phi) is 6.69. The number of benzene rings is 2. The molecule has 1 aliphatic heterocycles. The summed E-state index contributed by atoms with van der Waals surface area (Å²) in [5, 5.41) is 22.2. The monoisotopic (exact) mass is 470 g/mol. The molecule has 1 atom stereocenters. The third-order valence-corrected chi connectivity index (χ3v) is 5.06. The van der Waals surface area contributed by atoms with Crippen LogP contribution in [0.2, 0.25) is 0 Å². The number of guanidine groups is 1. The van der Waals surface area contributed by atoms with Crippen molar-refractivity contribution in [3.05, 3.63) is 52.5 Å². The topological polar surface area (TPSA) is 115 Å². The summed E-state index contributed by atoms with van der Waals surface area (Å²) in [5.74, 6) is -0.632. The number of halogens is 1. The molecule has 0 unspecified atom stereocenters. The van der Waals surface area contributed by atoms with Gasteiger partial charge in [-0.3, -0.25) is 9.59 Å². The fourth-order valence-corrected chi connectivity index (χ4v) is 3.43. The van der Waals surface area contributed by atoms with Crippen molar-refractivity contribution >= 4 is 45.1 Å². The summed E-state index contributed by atoms with van der Waals surface area (Å²) in [5.41, 5.74) is 1.17. The van der Waals surface area contributed by atoms with Crippen LogP contribution < -0.4 is 10.2 Å². The number of aromatic hydroxyl groups is 1. The summed E-state index contributed by atoms with van der Waals surface area (Å²) in [6.07, 6.45) is 0.260. The summed E-state index contributed by atoms with van der Waals surface area (Å²) < 4.78 is 5.62. The second-order valence-corrected chi connectivity index (χ2v) is 7.26. The van der Waals surface area contributed by atoms with Gasteiger partial charge in [0.2, 0.25) is 5.96 Å². The zero-order valence-corrected chi connectivity index (χ0v) is 17.7. The van der Waals surface area contributed by atoms with E-state index in [1.54, 1.807) is 31.2 Å². The Labute approximate surface area is 181 Å². The zero-order valence-electron chi connectivity index (χ0n) is 16.1. The van der Waals surface area contributed by atoms with Crippen molar-refractivity contribution in [2.24, 2.45) is 4.99 Å². The number of carbonyl (C=O) groups excluding carboxylic acids is 2. The van der Waals surface area contributed by atoms with Gasteiger partial charge in [-0.05, 0) is 59.6 Å². The minimum absolute atomic E-state index is 0.0624. The van der Waals surface area contributed by atoms with Crippen molar-refractivity contribution in [2.45, 2.75) is 25.8 Å². The Hall–Kier alpha value is -3.38. The average Bonchev–Trinajstić information content (AvgIpc) is 3.03. The van der Waals surface area contributed by atoms with Crippen LogP contribution >= 0.6 is 15.9 Å². The minimum Gasteiger partial charge on any atom is -0.506 e. The van der Waals surface area contributed by atoms with Gasteiger partial charge in [0, 0.05) is 10.9 Å². The number of rotatable bonds is 6. The molecule has 8 nitrogen and oxygen atoms in total. The van der Waals surface area contributed by atoms with Crippen LogP contribution in [0.4, 0.5) is 11.4 Å². The summed E-state index contributed by atoms with van der Waals surface area (Å²) in [4.78, 5) is 30.7. The van der Waals surface area contributed by atoms with Crippen molar-refractivity contribution in [1.82, 2.24) is 0 Å². The lowest BCUT2D eigenvalue weighted by Crippen LogP contribution is -2.39. The molecule has 30 heavy (non-hydrogen) atoms. The molecule has 1 aliphatic rings. The summed E-state index contributed by atoms with van der Waals surface area (Å²) >= 11 is 3.45. The molecule has 0 aromatic heterocycles. The molecule has 0 radical (unpaired) electrons. The predicted molar refractivity (Wildman–Crippen MR) is 115 cm³/mol. The van der Waals surface area contributed by atoms with E-state index in [1.807, 2.05) is 12.1 Å². The van der Waals surface area contributed by atoms with Crippen LogP contribution in [0.3, 0.4) is 0 Å². The lowest BCUT2D eigenvalue weighted by molar-refractivity contribution is -0.143. The predicted octanol–water partition coefficient (Wildman–Crippen LogP) is 3.55. The fourth-order valence-electron chi connectivity index (χ4n) is 2.97. The molecule has 0 saturated carbocycles. The first-order valence-corrected chi connectivity index (χ1v) is 10.1. The van der Waals surface area contributed by atoms with Crippen LogP contribution in [0.25, 0.3) is 0 Å². The number of nitrogens with zero attached hydrogens (tertiary/aromatic N) is 3. The first kappa shape index (κ1) is 21.3. The van der Waals surface area contributed by atoms with Gasteiger partial charge in [0.25, 0.3) is 5.91 Å². The Morgan fingerprint density at radius 3 is 2.80 bits per heavy atom. The molecule has 154 valence electrons. The quantitative estimate of drug-likeness (QED) is 0.492. The van der Waals surface area contributed by atoms with Crippen LogP contribution in [-0.4, -0.2) is 35.6 Å². The number of nitriles is 1. The van der Waals surface area contributed by atoms with E-state index in [9.17, 15) is 14.7 Å². The van der Waals surface area contributed by atoms with Gasteiger partial charge >= 0.3 is 5.97 Å². The van der Waals surface area contributed by atoms with Gasteiger partial charge in [0.15, 0.2) is 0 Å². The standard InChI is InChI=1S/C21H19BrN4O4/c1-2-30-19(28)10-9-16-20(29)26(17-6-4-3-5-14(17)22)21(25-16)24-15-8-7-13(12-23)11-18(15)27/h3-8,11,16,27H,2,9-10H2,1H3,(H,24,25)/t16-/m0/s1. The number of para-hydroxylation sites is 1. The molecular weight excluding hydrogens is 452 g/mol. The molecule has 0 saturated heterocycles. The van der Waals surface area contributed by atoms with E-state index >= 15 is 0 Å². The zero-order chi connectivity index (χ0) is 21.7. The van der Waals surface area contributed by atoms with Gasteiger partial charge < -0.3 is 15.2 Å². The number of phenolic OH excluding ortho intramolecular Hbond substituents is 1. The van der Waals surface area contributed by atoms with E-state index in [-0.39, 0.29) is 43.0 Å². The number of phenols is 1. The number of amides is 1. The number of carbonyl (C=O) groups is 2. The first-order valence-electron chi connectivity index (χ1n) is 9.26. The van der Waals surface area contributed by atoms with Gasteiger partial charge in [-0.15, -0.1) is 0 Å². The van der Waals surface area contributed by atoms with Crippen molar-refractivity contribution in [2.75, 3.05) is 16.8 Å². The summed E-state index contributed by atoms with van der Waals surface area (Å²) in [6, 6.07) is 12.7. The van der Waals surface area contributed by atoms with Crippen LogP contribution in [0, 0.1) is 11.3 Å². The van der Waals surface area contributed by atoms with E-state index < -0.39 is 6.04 Å². The first-order chi connectivity index (χ1) is 14.4. The van der Waals surface area contributed by atoms with Crippen molar-refractivity contribution in [1.29, 1.82) is 5.26 Å². The normalized spacial score (nSPS) is 15.5. The maximum absolute atomic E-state index is 13.1. The molecular formula is C21H19BrN4O4. The molecule has 2 N–H and O–H groups in total. The Balaban J connectivity index is 1.91. The Morgan fingerprint density at radius 2 is 2.13 bits per heavy atom. The maximum atomic E-state index is 13.1. The third kappa shape index (κ3) is 4.60. The summed E-state index contributed by atoms with van der Waals surface area (Å²) in [6.45, 7) is 1.99. The molecule has 0 spiro atoms. The lowest BCUT2D eigenvalue weighted by Gasteiger charge is -2.21. The van der Waals surface area contributed by atoms with Crippen molar-refractivity contribution < 1.29 is 19.4 Å². The number of hydrogen-bond acceptors (Lipinski definition) is 7. The summed E-state index contributed by atoms with van der Waals surface area (Å²) in [7, 11) is 0. The molecule has 0 fully saturated rings. The highest BCUT2D eigenvalue weighted by atomic mass is 79.9. The number of esters is 1. The van der Waals surface area contributed by atoms with Crippen LogP contribution in [0.5, 0.6) is 5.75 Å². The second kappa shape index (κ2) is 9.41. The number of aliphatic imine (C=N–C) groups is 1. The van der Waals surface area contributed by atoms with Gasteiger partial charge in [0.1, 0.15) is 11.8 Å². The molecule has 0 aliphatic carbocycles. The van der Waals surface area contributed by atoms with E-state index in [2.05, 4.69) is 26.2 Å². The lowest BCUT2D eigenvalue weighted by atomic mass is 10.1. The van der Waals surface area contributed by atoms with Crippen LogP contribution in [-0.2, 0) is 14.3 Å². The van der Waals surface area contributed by atoms with Gasteiger partial charge in [-0.2, -0.15) is 5.26 Å². The van der Waals surface area contributed by atoms with Crippen LogP contribution in [0.15, 0.2) is 51.9 Å². The number of anilines is 2. The van der Waals surface area contributed by atoms with E-state index in [1.165, 1.54) is 17.0 Å².